The van der Waals surface area contributed by atoms with Crippen LogP contribution in [-0.2, 0) is 10.8 Å². The standard InChI is InChI=1S/C15H26N2OS/c1-6-17(7-2)11-13-9-8-10-14(16-13)12-19(18)15(3,4)5/h8-10,12,16H,6-7,11H2,1-5H3/b14-12-. The molecule has 1 aliphatic heterocycles. The molecule has 3 nitrogen and oxygen atoms in total. The van der Waals surface area contributed by atoms with Gasteiger partial charge in [-0.05, 0) is 46.0 Å². The number of likely N-dealkylation sites (N-methyl/N-ethyl adjacent to an activating group) is 1. The smallest absolute Gasteiger partial charge is 0.0531 e. The molecule has 0 saturated heterocycles. The summed E-state index contributed by atoms with van der Waals surface area (Å²) in [6.45, 7) is 13.2. The predicted molar refractivity (Wildman–Crippen MR) is 84.1 cm³/mol. The van der Waals surface area contributed by atoms with Gasteiger partial charge in [-0.15, -0.1) is 0 Å². The lowest BCUT2D eigenvalue weighted by molar-refractivity contribution is 0.325. The third-order valence-electron chi connectivity index (χ3n) is 3.00. The molecule has 0 aromatic carbocycles. The van der Waals surface area contributed by atoms with Crippen molar-refractivity contribution < 1.29 is 4.21 Å². The molecule has 0 aromatic heterocycles. The number of hydrogen-bond donors (Lipinski definition) is 1. The van der Waals surface area contributed by atoms with E-state index in [4.69, 9.17) is 0 Å². The van der Waals surface area contributed by atoms with Crippen molar-refractivity contribution in [3.63, 3.8) is 0 Å². The zero-order chi connectivity index (χ0) is 14.5. The summed E-state index contributed by atoms with van der Waals surface area (Å²) >= 11 is 0. The van der Waals surface area contributed by atoms with Crippen molar-refractivity contribution >= 4 is 10.8 Å². The van der Waals surface area contributed by atoms with Crippen LogP contribution in [0.1, 0.15) is 34.6 Å². The fourth-order valence-corrected chi connectivity index (χ4v) is 2.40. The minimum atomic E-state index is -0.983. The lowest BCUT2D eigenvalue weighted by atomic mass is 10.2. The fraction of sp³-hybridized carbons (Fsp3) is 0.600. The van der Waals surface area contributed by atoms with Crippen molar-refractivity contribution in [2.24, 2.45) is 0 Å². The molecule has 0 fully saturated rings. The average Bonchev–Trinajstić information content (AvgIpc) is 2.35. The van der Waals surface area contributed by atoms with Crippen LogP contribution in [0.15, 0.2) is 35.0 Å². The van der Waals surface area contributed by atoms with Gasteiger partial charge in [-0.25, -0.2) is 0 Å². The highest BCUT2D eigenvalue weighted by molar-refractivity contribution is 7.89. The second-order valence-electron chi connectivity index (χ2n) is 5.62. The normalized spacial score (nSPS) is 19.5. The minimum absolute atomic E-state index is 0.220. The van der Waals surface area contributed by atoms with Crippen molar-refractivity contribution in [3.05, 3.63) is 35.0 Å². The molecule has 0 bridgehead atoms. The molecule has 1 N–H and O–H groups in total. The molecule has 1 aliphatic rings. The molecule has 0 saturated carbocycles. The Hall–Kier alpha value is -0.870. The van der Waals surface area contributed by atoms with Gasteiger partial charge in [0.05, 0.1) is 10.8 Å². The summed E-state index contributed by atoms with van der Waals surface area (Å²) in [7, 11) is -0.983. The Morgan fingerprint density at radius 1 is 1.32 bits per heavy atom. The predicted octanol–water partition coefficient (Wildman–Crippen LogP) is 2.76. The third-order valence-corrected chi connectivity index (χ3v) is 4.68. The number of nitrogens with one attached hydrogen (secondary N) is 1. The highest BCUT2D eigenvalue weighted by atomic mass is 32.2. The zero-order valence-corrected chi connectivity index (χ0v) is 13.5. The van der Waals surface area contributed by atoms with Gasteiger partial charge >= 0.3 is 0 Å². The molecule has 4 heteroatoms. The maximum Gasteiger partial charge on any atom is 0.0531 e. The Bertz CT molecular complexity index is 412. The molecule has 1 atom stereocenters. The van der Waals surface area contributed by atoms with Crippen LogP contribution in [0.4, 0.5) is 0 Å². The number of nitrogens with zero attached hydrogens (tertiary/aromatic N) is 1. The van der Waals surface area contributed by atoms with Crippen LogP contribution >= 0.6 is 0 Å². The van der Waals surface area contributed by atoms with E-state index in [0.717, 1.165) is 31.0 Å². The number of dihydropyridines is 1. The van der Waals surface area contributed by atoms with E-state index in [1.54, 1.807) is 0 Å². The molecule has 0 radical (unpaired) electrons. The summed E-state index contributed by atoms with van der Waals surface area (Å²) in [5, 5.41) is 5.17. The summed E-state index contributed by atoms with van der Waals surface area (Å²) < 4.78 is 11.9. The largest absolute Gasteiger partial charge is 0.357 e. The molecule has 19 heavy (non-hydrogen) atoms. The second-order valence-corrected chi connectivity index (χ2v) is 7.68. The summed E-state index contributed by atoms with van der Waals surface area (Å²) in [4.78, 5) is 2.34. The summed E-state index contributed by atoms with van der Waals surface area (Å²) in [5.74, 6) is 0. The Labute approximate surface area is 119 Å². The third kappa shape index (κ3) is 5.33. The van der Waals surface area contributed by atoms with Crippen LogP contribution in [-0.4, -0.2) is 33.5 Å². The van der Waals surface area contributed by atoms with Gasteiger partial charge in [-0.1, -0.05) is 19.9 Å². The van der Waals surface area contributed by atoms with E-state index < -0.39 is 10.8 Å². The van der Waals surface area contributed by atoms with Crippen molar-refractivity contribution in [1.29, 1.82) is 0 Å². The van der Waals surface area contributed by atoms with Crippen LogP contribution in [0.3, 0.4) is 0 Å². The monoisotopic (exact) mass is 282 g/mol. The van der Waals surface area contributed by atoms with E-state index in [1.807, 2.05) is 38.3 Å². The Morgan fingerprint density at radius 3 is 2.47 bits per heavy atom. The summed E-state index contributed by atoms with van der Waals surface area (Å²) in [6.07, 6.45) is 6.06. The van der Waals surface area contributed by atoms with Gasteiger partial charge in [-0.2, -0.15) is 0 Å². The van der Waals surface area contributed by atoms with E-state index >= 15 is 0 Å². The van der Waals surface area contributed by atoms with Crippen molar-refractivity contribution in [2.75, 3.05) is 19.6 Å². The Kier molecular flexibility index (Phi) is 6.01. The molecule has 0 spiro atoms. The van der Waals surface area contributed by atoms with Crippen LogP contribution in [0.5, 0.6) is 0 Å². The fourth-order valence-electron chi connectivity index (χ4n) is 1.68. The van der Waals surface area contributed by atoms with Gasteiger partial charge in [-0.3, -0.25) is 9.11 Å². The lowest BCUT2D eigenvalue weighted by Gasteiger charge is -2.23. The first-order chi connectivity index (χ1) is 8.86. The van der Waals surface area contributed by atoms with E-state index in [2.05, 4.69) is 30.1 Å². The van der Waals surface area contributed by atoms with Crippen LogP contribution in [0.2, 0.25) is 0 Å². The SMILES string of the molecule is CCN(CC)CC1=CC=C/C(=C/S(=O)C(C)(C)C)N1. The van der Waals surface area contributed by atoms with Crippen LogP contribution < -0.4 is 5.32 Å². The first-order valence-corrected chi connectivity index (χ1v) is 8.07. The Morgan fingerprint density at radius 2 is 1.95 bits per heavy atom. The highest BCUT2D eigenvalue weighted by Gasteiger charge is 2.18. The molecular weight excluding hydrogens is 256 g/mol. The first-order valence-electron chi connectivity index (χ1n) is 6.86. The van der Waals surface area contributed by atoms with Crippen molar-refractivity contribution in [3.8, 4) is 0 Å². The molecule has 1 heterocycles. The van der Waals surface area contributed by atoms with Crippen molar-refractivity contribution in [2.45, 2.75) is 39.4 Å². The van der Waals surface area contributed by atoms with Crippen LogP contribution in [0.25, 0.3) is 0 Å². The maximum atomic E-state index is 12.1. The molecular formula is C15H26N2OS. The molecule has 0 aromatic rings. The number of hydrogen-bond acceptors (Lipinski definition) is 3. The van der Waals surface area contributed by atoms with Gasteiger partial charge in [0.25, 0.3) is 0 Å². The van der Waals surface area contributed by atoms with E-state index in [9.17, 15) is 4.21 Å². The van der Waals surface area contributed by atoms with Gasteiger partial charge in [0.15, 0.2) is 0 Å². The second kappa shape index (κ2) is 7.06. The quantitative estimate of drug-likeness (QED) is 0.841. The van der Waals surface area contributed by atoms with E-state index in [-0.39, 0.29) is 4.75 Å². The molecule has 108 valence electrons. The summed E-state index contributed by atoms with van der Waals surface area (Å²) in [6, 6.07) is 0. The van der Waals surface area contributed by atoms with E-state index in [0.29, 0.717) is 0 Å². The topological polar surface area (TPSA) is 32.3 Å². The highest BCUT2D eigenvalue weighted by Crippen LogP contribution is 2.15. The Balaban J connectivity index is 2.70. The number of allylic oxidation sites excluding steroid dienone is 3. The van der Waals surface area contributed by atoms with Crippen LogP contribution in [0, 0.1) is 0 Å². The summed E-state index contributed by atoms with van der Waals surface area (Å²) in [5.41, 5.74) is 2.08. The van der Waals surface area contributed by atoms with Gasteiger partial charge in [0.1, 0.15) is 0 Å². The average molecular weight is 282 g/mol. The van der Waals surface area contributed by atoms with E-state index in [1.165, 1.54) is 0 Å². The maximum absolute atomic E-state index is 12.1. The minimum Gasteiger partial charge on any atom is -0.357 e. The number of rotatable bonds is 5. The van der Waals surface area contributed by atoms with Gasteiger partial charge in [0.2, 0.25) is 0 Å². The molecule has 0 aliphatic carbocycles. The van der Waals surface area contributed by atoms with Gasteiger partial charge < -0.3 is 5.32 Å². The molecule has 0 amide bonds. The van der Waals surface area contributed by atoms with Crippen molar-refractivity contribution in [1.82, 2.24) is 10.2 Å². The van der Waals surface area contributed by atoms with Gasteiger partial charge in [0, 0.05) is 28.1 Å². The lowest BCUT2D eigenvalue weighted by Crippen LogP contribution is -2.31. The molecule has 1 unspecified atom stereocenters. The molecule has 1 rings (SSSR count). The first kappa shape index (κ1) is 16.2. The zero-order valence-electron chi connectivity index (χ0n) is 12.7.